The van der Waals surface area contributed by atoms with E-state index in [4.69, 9.17) is 11.6 Å². The summed E-state index contributed by atoms with van der Waals surface area (Å²) in [4.78, 5) is 25.3. The number of nitrogens with one attached hydrogen (secondary N) is 2. The normalized spacial score (nSPS) is 10.5. The molecular weight excluding hydrogens is 482 g/mol. The summed E-state index contributed by atoms with van der Waals surface area (Å²) >= 11 is 7.51. The third-order valence-electron chi connectivity index (χ3n) is 5.31. The average Bonchev–Trinajstić information content (AvgIpc) is 3.53. The van der Waals surface area contributed by atoms with Crippen LogP contribution in [0.4, 0.5) is 5.82 Å². The lowest BCUT2D eigenvalue weighted by Gasteiger charge is -2.11. The van der Waals surface area contributed by atoms with E-state index in [1.807, 2.05) is 24.4 Å². The van der Waals surface area contributed by atoms with E-state index in [9.17, 15) is 14.9 Å². The van der Waals surface area contributed by atoms with Gasteiger partial charge in [0.1, 0.15) is 17.5 Å². The highest BCUT2D eigenvalue weighted by Crippen LogP contribution is 2.26. The summed E-state index contributed by atoms with van der Waals surface area (Å²) in [7, 11) is 0. The van der Waals surface area contributed by atoms with Gasteiger partial charge in [0, 0.05) is 34.6 Å². The van der Waals surface area contributed by atoms with Crippen LogP contribution < -0.4 is 10.6 Å². The molecule has 0 spiro atoms. The predicted molar refractivity (Wildman–Crippen MR) is 138 cm³/mol. The van der Waals surface area contributed by atoms with Crippen LogP contribution in [0.15, 0.2) is 65.4 Å². The number of rotatable bonds is 9. The number of aryl methyl sites for hydroxylation is 1. The number of hydrogen-bond donors (Lipinski definition) is 2. The van der Waals surface area contributed by atoms with Gasteiger partial charge in [0.05, 0.1) is 5.69 Å². The van der Waals surface area contributed by atoms with Crippen LogP contribution in [0.5, 0.6) is 0 Å². The number of hydrogen-bond acceptors (Lipinski definition) is 6. The van der Waals surface area contributed by atoms with E-state index >= 15 is 0 Å². The molecule has 1 amide bonds. The molecule has 35 heavy (non-hydrogen) atoms. The zero-order valence-corrected chi connectivity index (χ0v) is 20.5. The maximum absolute atomic E-state index is 13.2. The molecule has 0 aliphatic heterocycles. The standard InChI is InChI=1S/C26H22ClN5O2S/c1-17-3-5-18(6-4-17)24(33)23-22(15-28)25(32(31-23)21-9-7-20(27)8-10-21)29-12-2-13-30-26(34)19-11-14-35-16-19/h3-11,14,16,29H,2,12-13H2,1H3,(H,30,34). The van der Waals surface area contributed by atoms with Gasteiger partial charge in [-0.1, -0.05) is 41.4 Å². The molecule has 176 valence electrons. The summed E-state index contributed by atoms with van der Waals surface area (Å²) in [6, 6.07) is 18.0. The van der Waals surface area contributed by atoms with Gasteiger partial charge >= 0.3 is 0 Å². The molecule has 2 N–H and O–H groups in total. The van der Waals surface area contributed by atoms with Crippen molar-refractivity contribution in [1.82, 2.24) is 15.1 Å². The fourth-order valence-electron chi connectivity index (χ4n) is 3.45. The van der Waals surface area contributed by atoms with Gasteiger partial charge in [0.15, 0.2) is 5.69 Å². The molecular formula is C26H22ClN5O2S. The molecule has 2 aromatic carbocycles. The second-order valence-electron chi connectivity index (χ2n) is 7.82. The van der Waals surface area contributed by atoms with Crippen molar-refractivity contribution in [3.63, 3.8) is 0 Å². The molecule has 0 aliphatic carbocycles. The molecule has 0 radical (unpaired) electrons. The van der Waals surface area contributed by atoms with E-state index in [0.29, 0.717) is 47.2 Å². The molecule has 0 saturated heterocycles. The average molecular weight is 504 g/mol. The molecule has 2 heterocycles. The Bertz CT molecular complexity index is 1370. The number of benzene rings is 2. The molecule has 0 atom stereocenters. The topological polar surface area (TPSA) is 99.8 Å². The van der Waals surface area contributed by atoms with Crippen molar-refractivity contribution < 1.29 is 9.59 Å². The molecule has 7 nitrogen and oxygen atoms in total. The van der Waals surface area contributed by atoms with Crippen molar-refractivity contribution >= 4 is 40.4 Å². The minimum absolute atomic E-state index is 0.0690. The number of aromatic nitrogens is 2. The summed E-state index contributed by atoms with van der Waals surface area (Å²) < 4.78 is 1.54. The highest BCUT2D eigenvalue weighted by atomic mass is 35.5. The number of nitrogens with zero attached hydrogens (tertiary/aromatic N) is 3. The Morgan fingerprint density at radius 1 is 1.06 bits per heavy atom. The molecule has 0 fully saturated rings. The van der Waals surface area contributed by atoms with Crippen LogP contribution in [0.25, 0.3) is 5.69 Å². The van der Waals surface area contributed by atoms with E-state index in [1.54, 1.807) is 52.5 Å². The van der Waals surface area contributed by atoms with Crippen molar-refractivity contribution in [2.24, 2.45) is 0 Å². The highest BCUT2D eigenvalue weighted by molar-refractivity contribution is 7.08. The van der Waals surface area contributed by atoms with Crippen LogP contribution in [0, 0.1) is 18.3 Å². The van der Waals surface area contributed by atoms with Crippen LogP contribution in [0.3, 0.4) is 0 Å². The first kappa shape index (κ1) is 24.2. The van der Waals surface area contributed by atoms with Gasteiger partial charge in [0.2, 0.25) is 5.78 Å². The van der Waals surface area contributed by atoms with Crippen molar-refractivity contribution in [1.29, 1.82) is 5.26 Å². The summed E-state index contributed by atoms with van der Waals surface area (Å²) in [5.41, 5.74) is 3.00. The number of amides is 1. The number of anilines is 1. The lowest BCUT2D eigenvalue weighted by Crippen LogP contribution is -2.25. The molecule has 2 aromatic heterocycles. The lowest BCUT2D eigenvalue weighted by molar-refractivity contribution is 0.0953. The fourth-order valence-corrected chi connectivity index (χ4v) is 4.21. The zero-order chi connectivity index (χ0) is 24.8. The molecule has 0 saturated carbocycles. The first-order chi connectivity index (χ1) is 17.0. The monoisotopic (exact) mass is 503 g/mol. The number of halogens is 1. The van der Waals surface area contributed by atoms with Crippen molar-refractivity contribution in [2.45, 2.75) is 13.3 Å². The van der Waals surface area contributed by atoms with E-state index in [1.165, 1.54) is 11.3 Å². The molecule has 4 rings (SSSR count). The Morgan fingerprint density at radius 2 is 1.80 bits per heavy atom. The zero-order valence-electron chi connectivity index (χ0n) is 18.9. The van der Waals surface area contributed by atoms with Gasteiger partial charge in [0.25, 0.3) is 5.91 Å². The minimum atomic E-state index is -0.333. The van der Waals surface area contributed by atoms with E-state index < -0.39 is 0 Å². The Kier molecular flexibility index (Phi) is 7.60. The van der Waals surface area contributed by atoms with Crippen LogP contribution in [-0.2, 0) is 0 Å². The smallest absolute Gasteiger partial charge is 0.252 e. The van der Waals surface area contributed by atoms with Crippen molar-refractivity contribution in [3.05, 3.63) is 98.3 Å². The first-order valence-corrected chi connectivity index (χ1v) is 12.2. The van der Waals surface area contributed by atoms with Crippen LogP contribution in [0.2, 0.25) is 5.02 Å². The maximum Gasteiger partial charge on any atom is 0.252 e. The van der Waals surface area contributed by atoms with E-state index in [2.05, 4.69) is 21.8 Å². The Hall–Kier alpha value is -3.93. The highest BCUT2D eigenvalue weighted by Gasteiger charge is 2.25. The number of carbonyl (C=O) groups excluding carboxylic acids is 2. The predicted octanol–water partition coefficient (Wildman–Crippen LogP) is 5.23. The quantitative estimate of drug-likeness (QED) is 0.240. The van der Waals surface area contributed by atoms with Gasteiger partial charge in [-0.05, 0) is 49.1 Å². The third-order valence-corrected chi connectivity index (χ3v) is 6.25. The summed E-state index contributed by atoms with van der Waals surface area (Å²) in [5, 5.41) is 24.8. The Labute approximate surface area is 212 Å². The Morgan fingerprint density at radius 3 is 2.46 bits per heavy atom. The minimum Gasteiger partial charge on any atom is -0.369 e. The lowest BCUT2D eigenvalue weighted by atomic mass is 10.0. The molecule has 0 bridgehead atoms. The summed E-state index contributed by atoms with van der Waals surface area (Å²) in [5.74, 6) is -0.0454. The Balaban J connectivity index is 1.57. The molecule has 0 unspecified atom stereocenters. The number of nitriles is 1. The van der Waals surface area contributed by atoms with Crippen LogP contribution in [0.1, 0.15) is 44.0 Å². The fraction of sp³-hybridized carbons (Fsp3) is 0.154. The van der Waals surface area contributed by atoms with Gasteiger partial charge < -0.3 is 10.6 Å². The van der Waals surface area contributed by atoms with Crippen molar-refractivity contribution in [2.75, 3.05) is 18.4 Å². The summed E-state index contributed by atoms with van der Waals surface area (Å²) in [6.45, 7) is 2.85. The van der Waals surface area contributed by atoms with Crippen LogP contribution in [-0.4, -0.2) is 34.6 Å². The first-order valence-electron chi connectivity index (χ1n) is 10.9. The van der Waals surface area contributed by atoms with Gasteiger partial charge in [-0.2, -0.15) is 21.7 Å². The second-order valence-corrected chi connectivity index (χ2v) is 9.03. The maximum atomic E-state index is 13.2. The van der Waals surface area contributed by atoms with Gasteiger partial charge in [-0.25, -0.2) is 4.68 Å². The van der Waals surface area contributed by atoms with Crippen molar-refractivity contribution in [3.8, 4) is 11.8 Å². The number of ketones is 1. The third kappa shape index (κ3) is 5.60. The van der Waals surface area contributed by atoms with Gasteiger partial charge in [-0.3, -0.25) is 9.59 Å². The number of thiophene rings is 1. The molecule has 0 aliphatic rings. The SMILES string of the molecule is Cc1ccc(C(=O)c2nn(-c3ccc(Cl)cc3)c(NCCCNC(=O)c3ccsc3)c2C#N)cc1. The van der Waals surface area contributed by atoms with E-state index in [0.717, 1.165) is 5.56 Å². The van der Waals surface area contributed by atoms with Gasteiger partial charge in [-0.15, -0.1) is 0 Å². The molecule has 9 heteroatoms. The molecule has 4 aromatic rings. The summed E-state index contributed by atoms with van der Waals surface area (Å²) in [6.07, 6.45) is 0.605. The largest absolute Gasteiger partial charge is 0.369 e. The number of carbonyl (C=O) groups is 2. The second kappa shape index (κ2) is 11.0. The van der Waals surface area contributed by atoms with E-state index in [-0.39, 0.29) is 22.9 Å². The van der Waals surface area contributed by atoms with Crippen LogP contribution >= 0.6 is 22.9 Å².